The van der Waals surface area contributed by atoms with Gasteiger partial charge < -0.3 is 0 Å². The molecule has 0 aliphatic rings. The molecule has 0 atom stereocenters. The maximum absolute atomic E-state index is 12.8. The van der Waals surface area contributed by atoms with Crippen molar-refractivity contribution in [3.63, 3.8) is 0 Å². The molecule has 0 heterocycles. The summed E-state index contributed by atoms with van der Waals surface area (Å²) >= 11 is 0. The Balaban J connectivity index is 3.85. The zero-order valence-electron chi connectivity index (χ0n) is 28.7. The molecule has 43 heavy (non-hydrogen) atoms. The summed E-state index contributed by atoms with van der Waals surface area (Å²) in [5.74, 6) is 4.47. The normalized spacial score (nSPS) is 12.0. The summed E-state index contributed by atoms with van der Waals surface area (Å²) in [6.45, 7) is 4.42. The van der Waals surface area contributed by atoms with Crippen LogP contribution in [0, 0.1) is 5.92 Å². The van der Waals surface area contributed by atoms with Crippen molar-refractivity contribution in [3.05, 3.63) is 24.3 Å². The molecule has 0 saturated heterocycles. The second kappa shape index (κ2) is 33.6. The molecule has 0 aromatic heterocycles. The summed E-state index contributed by atoms with van der Waals surface area (Å²) in [6, 6.07) is 0. The second-order valence-corrected chi connectivity index (χ2v) is 12.8. The summed E-state index contributed by atoms with van der Waals surface area (Å²) in [7, 11) is 0. The van der Waals surface area contributed by atoms with Crippen LogP contribution in [0.4, 0.5) is 0 Å². The van der Waals surface area contributed by atoms with E-state index in [2.05, 4.69) is 38.2 Å². The standard InChI is InChI=1S/C38H72N2O3/c1-3-5-7-9-11-13-15-17-19-21-23-25-27-29-31-33-37(41)36(35-40(39)43)38(42)34-32-30-28-26-24-22-20-18-16-14-12-10-8-6-4-2/h17-20,36,43H,3-16,21-35,39H2,1-2H3/b19-17-,20-18-. The molecule has 0 aromatic carbocycles. The minimum Gasteiger partial charge on any atom is -0.299 e. The van der Waals surface area contributed by atoms with Crippen LogP contribution in [0.15, 0.2) is 24.3 Å². The van der Waals surface area contributed by atoms with E-state index in [9.17, 15) is 14.8 Å². The average Bonchev–Trinajstić information content (AvgIpc) is 2.99. The van der Waals surface area contributed by atoms with Gasteiger partial charge in [0.05, 0.1) is 12.5 Å². The van der Waals surface area contributed by atoms with Crippen LogP contribution >= 0.6 is 0 Å². The van der Waals surface area contributed by atoms with Gasteiger partial charge in [0.15, 0.2) is 0 Å². The topological polar surface area (TPSA) is 83.6 Å². The summed E-state index contributed by atoms with van der Waals surface area (Å²) in [6.07, 6.45) is 41.7. The molecule has 252 valence electrons. The fourth-order valence-corrected chi connectivity index (χ4v) is 5.66. The number of hydrogen-bond donors (Lipinski definition) is 2. The molecule has 5 heteroatoms. The Kier molecular flexibility index (Phi) is 32.6. The van der Waals surface area contributed by atoms with E-state index in [0.29, 0.717) is 18.0 Å². The molecule has 0 aromatic rings. The highest BCUT2D eigenvalue weighted by Crippen LogP contribution is 2.16. The highest BCUT2D eigenvalue weighted by Gasteiger charge is 2.26. The van der Waals surface area contributed by atoms with E-state index in [1.165, 1.54) is 116 Å². The van der Waals surface area contributed by atoms with Gasteiger partial charge in [-0.1, -0.05) is 141 Å². The van der Waals surface area contributed by atoms with Crippen LogP contribution < -0.4 is 5.84 Å². The van der Waals surface area contributed by atoms with Crippen LogP contribution in [-0.4, -0.2) is 28.5 Å². The van der Waals surface area contributed by atoms with Gasteiger partial charge in [0.2, 0.25) is 0 Å². The Morgan fingerprint density at radius 1 is 0.512 bits per heavy atom. The Morgan fingerprint density at radius 2 is 0.791 bits per heavy atom. The molecule has 0 saturated carbocycles. The lowest BCUT2D eigenvalue weighted by Crippen LogP contribution is -2.39. The van der Waals surface area contributed by atoms with Crippen molar-refractivity contribution in [2.75, 3.05) is 6.54 Å². The first-order valence-electron chi connectivity index (χ1n) is 18.6. The number of hydrazine groups is 1. The van der Waals surface area contributed by atoms with Crippen LogP contribution in [-0.2, 0) is 9.59 Å². The average molecular weight is 605 g/mol. The van der Waals surface area contributed by atoms with Crippen molar-refractivity contribution in [2.45, 2.75) is 194 Å². The van der Waals surface area contributed by atoms with Crippen LogP contribution in [0.25, 0.3) is 0 Å². The zero-order chi connectivity index (χ0) is 31.6. The Labute approximate surface area is 267 Å². The second-order valence-electron chi connectivity index (χ2n) is 12.8. The van der Waals surface area contributed by atoms with Crippen molar-refractivity contribution in [3.8, 4) is 0 Å². The van der Waals surface area contributed by atoms with Crippen molar-refractivity contribution < 1.29 is 14.8 Å². The minimum absolute atomic E-state index is 0.0696. The molecule has 0 aliphatic carbocycles. The quantitative estimate of drug-likeness (QED) is 0.0251. The lowest BCUT2D eigenvalue weighted by atomic mass is 9.91. The van der Waals surface area contributed by atoms with Gasteiger partial charge in [-0.15, -0.1) is 5.17 Å². The molecular weight excluding hydrogens is 532 g/mol. The van der Waals surface area contributed by atoms with Gasteiger partial charge in [0.1, 0.15) is 11.6 Å². The molecular formula is C38H72N2O3. The third-order valence-corrected chi connectivity index (χ3v) is 8.52. The maximum atomic E-state index is 12.8. The number of nitrogens with two attached hydrogens (primary N) is 1. The monoisotopic (exact) mass is 605 g/mol. The van der Waals surface area contributed by atoms with Gasteiger partial charge in [-0.25, -0.2) is 5.84 Å². The van der Waals surface area contributed by atoms with E-state index < -0.39 is 5.92 Å². The number of carbonyl (C=O) groups excluding carboxylic acids is 2. The van der Waals surface area contributed by atoms with Crippen LogP contribution in [0.5, 0.6) is 0 Å². The molecule has 0 bridgehead atoms. The van der Waals surface area contributed by atoms with Crippen molar-refractivity contribution in [1.82, 2.24) is 5.17 Å². The number of rotatable bonds is 34. The SMILES string of the molecule is CCCCCCCC/C=C\CCCCCCCC(=O)C(CN(N)O)C(=O)CCCCCCC/C=C\CCCCCCCC. The molecule has 0 unspecified atom stereocenters. The number of hydrogen-bond acceptors (Lipinski definition) is 5. The van der Waals surface area contributed by atoms with Gasteiger partial charge in [-0.2, -0.15) is 0 Å². The largest absolute Gasteiger partial charge is 0.299 e. The smallest absolute Gasteiger partial charge is 0.144 e. The van der Waals surface area contributed by atoms with Gasteiger partial charge in [0.25, 0.3) is 0 Å². The number of Topliss-reactive ketones (excluding diaryl/α,β-unsaturated/α-hetero) is 2. The third kappa shape index (κ3) is 30.5. The first-order chi connectivity index (χ1) is 21.0. The lowest BCUT2D eigenvalue weighted by molar-refractivity contribution is -0.144. The van der Waals surface area contributed by atoms with Crippen LogP contribution in [0.2, 0.25) is 0 Å². The molecule has 5 nitrogen and oxygen atoms in total. The predicted molar refractivity (Wildman–Crippen MR) is 185 cm³/mol. The van der Waals surface area contributed by atoms with Crippen molar-refractivity contribution in [1.29, 1.82) is 0 Å². The van der Waals surface area contributed by atoms with Crippen molar-refractivity contribution >= 4 is 11.6 Å². The maximum Gasteiger partial charge on any atom is 0.144 e. The van der Waals surface area contributed by atoms with E-state index >= 15 is 0 Å². The van der Waals surface area contributed by atoms with Gasteiger partial charge in [0, 0.05) is 12.8 Å². The number of hydroxylamine groups is 1. The fraction of sp³-hybridized carbons (Fsp3) is 0.842. The van der Waals surface area contributed by atoms with Crippen molar-refractivity contribution in [2.24, 2.45) is 11.8 Å². The summed E-state index contributed by atoms with van der Waals surface area (Å²) in [4.78, 5) is 25.6. The Hall–Kier alpha value is -1.30. The summed E-state index contributed by atoms with van der Waals surface area (Å²) in [5.41, 5.74) is 0. The number of allylic oxidation sites excluding steroid dienone is 4. The van der Waals surface area contributed by atoms with Crippen LogP contribution in [0.1, 0.15) is 194 Å². The molecule has 0 rings (SSSR count). The number of unbranched alkanes of at least 4 members (excludes halogenated alkanes) is 22. The summed E-state index contributed by atoms with van der Waals surface area (Å²) < 4.78 is 0. The third-order valence-electron chi connectivity index (χ3n) is 8.52. The highest BCUT2D eigenvalue weighted by atomic mass is 16.5. The summed E-state index contributed by atoms with van der Waals surface area (Å²) in [5, 5.41) is 10.0. The molecule has 0 fully saturated rings. The highest BCUT2D eigenvalue weighted by molar-refractivity contribution is 6.02. The van der Waals surface area contributed by atoms with E-state index in [0.717, 1.165) is 51.4 Å². The van der Waals surface area contributed by atoms with E-state index in [1.54, 1.807) is 0 Å². The van der Waals surface area contributed by atoms with E-state index in [-0.39, 0.29) is 18.1 Å². The van der Waals surface area contributed by atoms with E-state index in [4.69, 9.17) is 5.84 Å². The Bertz CT molecular complexity index is 622. The van der Waals surface area contributed by atoms with Gasteiger partial charge >= 0.3 is 0 Å². The molecule has 3 N–H and O–H groups in total. The number of nitrogens with zero attached hydrogens (tertiary/aromatic N) is 1. The van der Waals surface area contributed by atoms with Gasteiger partial charge in [-0.3, -0.25) is 14.8 Å². The first-order valence-corrected chi connectivity index (χ1v) is 18.6. The number of carbonyl (C=O) groups is 2. The lowest BCUT2D eigenvalue weighted by Gasteiger charge is -2.17. The zero-order valence-corrected chi connectivity index (χ0v) is 28.7. The minimum atomic E-state index is -0.802. The molecule has 0 amide bonds. The molecule has 0 aliphatic heterocycles. The molecule has 0 radical (unpaired) electrons. The van der Waals surface area contributed by atoms with Crippen LogP contribution in [0.3, 0.4) is 0 Å². The molecule has 0 spiro atoms. The van der Waals surface area contributed by atoms with Gasteiger partial charge in [-0.05, 0) is 64.2 Å². The first kappa shape index (κ1) is 41.7. The Morgan fingerprint density at radius 3 is 1.09 bits per heavy atom. The fourth-order valence-electron chi connectivity index (χ4n) is 5.66. The predicted octanol–water partition coefficient (Wildman–Crippen LogP) is 11.4. The number of ketones is 2. The van der Waals surface area contributed by atoms with E-state index in [1.807, 2.05) is 0 Å².